The predicted molar refractivity (Wildman–Crippen MR) is 71.4 cm³/mol. The van der Waals surface area contributed by atoms with Crippen molar-refractivity contribution >= 4 is 17.6 Å². The number of carbonyl (C=O) groups is 2. The highest BCUT2D eigenvalue weighted by Crippen LogP contribution is 2.14. The van der Waals surface area contributed by atoms with Crippen LogP contribution in [0.5, 0.6) is 0 Å². The molecule has 19 heavy (non-hydrogen) atoms. The first-order valence-electron chi connectivity index (χ1n) is 6.05. The van der Waals surface area contributed by atoms with Crippen LogP contribution < -0.4 is 16.0 Å². The molecule has 3 N–H and O–H groups in total. The Labute approximate surface area is 111 Å². The lowest BCUT2D eigenvalue weighted by Crippen LogP contribution is -2.45. The van der Waals surface area contributed by atoms with Crippen molar-refractivity contribution in [3.63, 3.8) is 0 Å². The van der Waals surface area contributed by atoms with Crippen LogP contribution in [0.2, 0.25) is 0 Å². The van der Waals surface area contributed by atoms with Crippen LogP contribution in [0.4, 0.5) is 14.9 Å². The third kappa shape index (κ3) is 4.57. The van der Waals surface area contributed by atoms with Crippen LogP contribution >= 0.6 is 0 Å². The number of hydrogen-bond acceptors (Lipinski definition) is 3. The topological polar surface area (TPSA) is 70.2 Å². The highest BCUT2D eigenvalue weighted by Gasteiger charge is 2.15. The molecule has 0 saturated heterocycles. The average Bonchev–Trinajstić information content (AvgIpc) is 2.34. The molecule has 104 valence electrons. The second kappa shape index (κ2) is 6.72. The van der Waals surface area contributed by atoms with Gasteiger partial charge in [-0.2, -0.15) is 0 Å². The zero-order valence-corrected chi connectivity index (χ0v) is 11.2. The Balaban J connectivity index is 2.58. The number of anilines is 1. The zero-order chi connectivity index (χ0) is 14.4. The van der Waals surface area contributed by atoms with Crippen LogP contribution in [0.3, 0.4) is 0 Å². The SMILES string of the molecule is CCNC(=O)NC(=O)C(C)Nc1ccc(C)c(F)c1. The highest BCUT2D eigenvalue weighted by atomic mass is 19.1. The van der Waals surface area contributed by atoms with Gasteiger partial charge in [0.05, 0.1) is 0 Å². The summed E-state index contributed by atoms with van der Waals surface area (Å²) in [5, 5.41) is 7.46. The molecule has 0 spiro atoms. The van der Waals surface area contributed by atoms with Gasteiger partial charge in [0, 0.05) is 12.2 Å². The molecule has 0 bridgehead atoms. The van der Waals surface area contributed by atoms with Crippen molar-refractivity contribution in [2.75, 3.05) is 11.9 Å². The van der Waals surface area contributed by atoms with Gasteiger partial charge in [0.15, 0.2) is 0 Å². The summed E-state index contributed by atoms with van der Waals surface area (Å²) in [6.45, 7) is 5.43. The molecule has 0 aliphatic rings. The van der Waals surface area contributed by atoms with Gasteiger partial charge in [0.2, 0.25) is 5.91 Å². The van der Waals surface area contributed by atoms with Crippen molar-refractivity contribution in [1.29, 1.82) is 0 Å². The van der Waals surface area contributed by atoms with Crippen molar-refractivity contribution in [1.82, 2.24) is 10.6 Å². The number of benzene rings is 1. The molecule has 0 aliphatic heterocycles. The van der Waals surface area contributed by atoms with Crippen molar-refractivity contribution in [2.45, 2.75) is 26.8 Å². The maximum atomic E-state index is 13.3. The first kappa shape index (κ1) is 14.9. The lowest BCUT2D eigenvalue weighted by Gasteiger charge is -2.15. The normalized spacial score (nSPS) is 11.6. The lowest BCUT2D eigenvalue weighted by molar-refractivity contribution is -0.120. The van der Waals surface area contributed by atoms with Crippen LogP contribution in [0.15, 0.2) is 18.2 Å². The molecule has 5 nitrogen and oxygen atoms in total. The summed E-state index contributed by atoms with van der Waals surface area (Å²) < 4.78 is 13.3. The molecule has 1 unspecified atom stereocenters. The van der Waals surface area contributed by atoms with E-state index < -0.39 is 18.0 Å². The Morgan fingerprint density at radius 2 is 2.05 bits per heavy atom. The van der Waals surface area contributed by atoms with Crippen LogP contribution in [0.25, 0.3) is 0 Å². The van der Waals surface area contributed by atoms with Gasteiger partial charge in [-0.15, -0.1) is 0 Å². The minimum atomic E-state index is -0.648. The molecular formula is C13H18FN3O2. The van der Waals surface area contributed by atoms with Gasteiger partial charge in [0.1, 0.15) is 11.9 Å². The van der Waals surface area contributed by atoms with Gasteiger partial charge in [-0.25, -0.2) is 9.18 Å². The minimum Gasteiger partial charge on any atom is -0.374 e. The maximum Gasteiger partial charge on any atom is 0.321 e. The van der Waals surface area contributed by atoms with E-state index in [1.165, 1.54) is 6.07 Å². The van der Waals surface area contributed by atoms with Gasteiger partial charge < -0.3 is 10.6 Å². The minimum absolute atomic E-state index is 0.346. The first-order chi connectivity index (χ1) is 8.93. The van der Waals surface area contributed by atoms with Gasteiger partial charge in [-0.3, -0.25) is 10.1 Å². The van der Waals surface area contributed by atoms with E-state index in [1.807, 2.05) is 0 Å². The molecule has 1 aromatic rings. The zero-order valence-electron chi connectivity index (χ0n) is 11.2. The third-order valence-corrected chi connectivity index (χ3v) is 2.52. The molecule has 3 amide bonds. The van der Waals surface area contributed by atoms with Crippen LogP contribution in [-0.2, 0) is 4.79 Å². The maximum absolute atomic E-state index is 13.3. The quantitative estimate of drug-likeness (QED) is 0.778. The molecule has 1 rings (SSSR count). The summed E-state index contributed by atoms with van der Waals surface area (Å²) in [5.74, 6) is -0.826. The number of halogens is 1. The molecule has 0 aromatic heterocycles. The largest absolute Gasteiger partial charge is 0.374 e. The monoisotopic (exact) mass is 267 g/mol. The number of carbonyl (C=O) groups excluding carboxylic acids is 2. The summed E-state index contributed by atoms with van der Waals surface area (Å²) in [7, 11) is 0. The summed E-state index contributed by atoms with van der Waals surface area (Å²) in [5.41, 5.74) is 1.02. The fraction of sp³-hybridized carbons (Fsp3) is 0.385. The molecule has 0 heterocycles. The Hall–Kier alpha value is -2.11. The number of imide groups is 1. The fourth-order valence-corrected chi connectivity index (χ4v) is 1.42. The molecule has 0 aliphatic carbocycles. The molecule has 6 heteroatoms. The molecular weight excluding hydrogens is 249 g/mol. The summed E-state index contributed by atoms with van der Waals surface area (Å²) in [6.07, 6.45) is 0. The van der Waals surface area contributed by atoms with E-state index in [0.717, 1.165) is 0 Å². The second-order valence-corrected chi connectivity index (χ2v) is 4.18. The van der Waals surface area contributed by atoms with Crippen molar-refractivity contribution in [3.8, 4) is 0 Å². The first-order valence-corrected chi connectivity index (χ1v) is 6.05. The smallest absolute Gasteiger partial charge is 0.321 e. The number of rotatable bonds is 4. The van der Waals surface area contributed by atoms with Gasteiger partial charge in [-0.1, -0.05) is 6.07 Å². The summed E-state index contributed by atoms with van der Waals surface area (Å²) >= 11 is 0. The van der Waals surface area contributed by atoms with Crippen molar-refractivity contribution < 1.29 is 14.0 Å². The second-order valence-electron chi connectivity index (χ2n) is 4.18. The van der Waals surface area contributed by atoms with Gasteiger partial charge in [0.25, 0.3) is 0 Å². The number of nitrogens with one attached hydrogen (secondary N) is 3. The Kier molecular flexibility index (Phi) is 5.29. The lowest BCUT2D eigenvalue weighted by atomic mass is 10.2. The van der Waals surface area contributed by atoms with Gasteiger partial charge >= 0.3 is 6.03 Å². The fourth-order valence-electron chi connectivity index (χ4n) is 1.42. The van der Waals surface area contributed by atoms with Crippen LogP contribution in [0.1, 0.15) is 19.4 Å². The summed E-state index contributed by atoms with van der Waals surface area (Å²) in [6, 6.07) is 3.41. The Morgan fingerprint density at radius 1 is 1.37 bits per heavy atom. The number of hydrogen-bond donors (Lipinski definition) is 3. The molecule has 0 fully saturated rings. The molecule has 0 saturated carbocycles. The van der Waals surface area contributed by atoms with Crippen molar-refractivity contribution in [2.24, 2.45) is 0 Å². The van der Waals surface area contributed by atoms with E-state index in [-0.39, 0.29) is 5.82 Å². The van der Waals surface area contributed by atoms with Gasteiger partial charge in [-0.05, 0) is 38.5 Å². The molecule has 1 atom stereocenters. The van der Waals surface area contributed by atoms with E-state index in [1.54, 1.807) is 32.9 Å². The van der Waals surface area contributed by atoms with E-state index in [9.17, 15) is 14.0 Å². The van der Waals surface area contributed by atoms with Crippen molar-refractivity contribution in [3.05, 3.63) is 29.6 Å². The van der Waals surface area contributed by atoms with E-state index in [2.05, 4.69) is 16.0 Å². The van der Waals surface area contributed by atoms with E-state index >= 15 is 0 Å². The van der Waals surface area contributed by atoms with Crippen LogP contribution in [-0.4, -0.2) is 24.5 Å². The van der Waals surface area contributed by atoms with E-state index in [4.69, 9.17) is 0 Å². The molecule has 1 aromatic carbocycles. The molecule has 0 radical (unpaired) electrons. The van der Waals surface area contributed by atoms with Crippen LogP contribution in [0, 0.1) is 12.7 Å². The number of urea groups is 1. The average molecular weight is 267 g/mol. The number of amides is 3. The Bertz CT molecular complexity index is 477. The van der Waals surface area contributed by atoms with E-state index in [0.29, 0.717) is 17.8 Å². The Morgan fingerprint density at radius 3 is 2.63 bits per heavy atom. The number of aryl methyl sites for hydroxylation is 1. The standard InChI is InChI=1S/C13H18FN3O2/c1-4-15-13(19)17-12(18)9(3)16-10-6-5-8(2)11(14)7-10/h5-7,9,16H,4H2,1-3H3,(H2,15,17,18,19). The third-order valence-electron chi connectivity index (χ3n) is 2.52. The summed E-state index contributed by atoms with van der Waals surface area (Å²) in [4.78, 5) is 22.8. The predicted octanol–water partition coefficient (Wildman–Crippen LogP) is 1.78. The highest BCUT2D eigenvalue weighted by molar-refractivity contribution is 5.97.